The molecule has 1 atom stereocenters. The molecule has 0 saturated heterocycles. The Bertz CT molecular complexity index is 496. The van der Waals surface area contributed by atoms with Crippen molar-refractivity contribution in [2.45, 2.75) is 65.5 Å². The van der Waals surface area contributed by atoms with E-state index in [1.54, 1.807) is 0 Å². The number of hydrogen-bond donors (Lipinski definition) is 5. The second kappa shape index (κ2) is 17.2. The van der Waals surface area contributed by atoms with E-state index in [0.29, 0.717) is 12.5 Å². The minimum atomic E-state index is -0.554. The largest absolute Gasteiger partial charge is 0.483 e. The van der Waals surface area contributed by atoms with Gasteiger partial charge in [-0.15, -0.1) is 0 Å². The number of aryl methyl sites for hydroxylation is 1. The molecule has 0 aromatic carbocycles. The quantitative estimate of drug-likeness (QED) is 0.352. The topological polar surface area (TPSA) is 147 Å². The van der Waals surface area contributed by atoms with Crippen molar-refractivity contribution in [3.05, 3.63) is 17.7 Å². The number of aromatic amines is 1. The maximum absolute atomic E-state index is 9.74. The van der Waals surface area contributed by atoms with Crippen molar-refractivity contribution >= 4 is 12.9 Å². The monoisotopic (exact) mass is 403 g/mol. The van der Waals surface area contributed by atoms with Gasteiger partial charge in [0.15, 0.2) is 0 Å². The molecule has 0 aliphatic heterocycles. The zero-order valence-corrected chi connectivity index (χ0v) is 17.5. The van der Waals surface area contributed by atoms with Crippen LogP contribution in [0, 0.1) is 12.8 Å². The van der Waals surface area contributed by atoms with Crippen LogP contribution in [0.15, 0.2) is 6.20 Å². The molecule has 0 fully saturated rings. The lowest BCUT2D eigenvalue weighted by atomic mass is 9.95. The number of carboxylic acid groups (broad SMARTS) is 2. The maximum atomic E-state index is 9.74. The van der Waals surface area contributed by atoms with Gasteiger partial charge in [-0.25, -0.2) is 4.98 Å². The number of nitrogens with zero attached hydrogens (tertiary/aromatic N) is 2. The van der Waals surface area contributed by atoms with E-state index in [1.807, 2.05) is 27.0 Å². The van der Waals surface area contributed by atoms with Gasteiger partial charge in [-0.2, -0.15) is 0 Å². The number of carbonyl (C=O) groups is 2. The first-order valence-corrected chi connectivity index (χ1v) is 9.35. The summed E-state index contributed by atoms with van der Waals surface area (Å²) in [5.41, 5.74) is 0.543. The Balaban J connectivity index is 0. The van der Waals surface area contributed by atoms with Crippen LogP contribution in [-0.4, -0.2) is 73.5 Å². The summed E-state index contributed by atoms with van der Waals surface area (Å²) in [6, 6.07) is 0. The summed E-state index contributed by atoms with van der Waals surface area (Å²) in [5, 5.41) is 32.7. The van der Waals surface area contributed by atoms with Crippen molar-refractivity contribution in [3.63, 3.8) is 0 Å². The average Bonchev–Trinajstić information content (AvgIpc) is 2.98. The molecule has 0 saturated carbocycles. The highest BCUT2D eigenvalue weighted by Gasteiger charge is 2.14. The van der Waals surface area contributed by atoms with Crippen molar-refractivity contribution in [2.75, 3.05) is 19.7 Å². The molecule has 9 heteroatoms. The van der Waals surface area contributed by atoms with Crippen molar-refractivity contribution < 1.29 is 30.0 Å². The number of rotatable bonds is 11. The zero-order chi connectivity index (χ0) is 22.0. The first-order chi connectivity index (χ1) is 13.1. The van der Waals surface area contributed by atoms with Crippen molar-refractivity contribution in [3.8, 4) is 0 Å². The lowest BCUT2D eigenvalue weighted by molar-refractivity contribution is -0.123. The number of nitrogens with one attached hydrogen (secondary N) is 1. The molecule has 0 aliphatic carbocycles. The number of aliphatic hydroxyl groups is 2. The summed E-state index contributed by atoms with van der Waals surface area (Å²) >= 11 is 0. The molecule has 0 bridgehead atoms. The molecule has 1 heterocycles. The summed E-state index contributed by atoms with van der Waals surface area (Å²) in [4.78, 5) is 26.4. The van der Waals surface area contributed by atoms with Gasteiger partial charge in [0.05, 0.1) is 12.2 Å². The molecule has 164 valence electrons. The molecule has 0 amide bonds. The van der Waals surface area contributed by atoms with Crippen molar-refractivity contribution in [2.24, 2.45) is 5.92 Å². The number of hydrogen-bond acceptors (Lipinski definition) is 6. The van der Waals surface area contributed by atoms with Gasteiger partial charge < -0.3 is 25.4 Å². The first kappa shape index (κ1) is 28.2. The van der Waals surface area contributed by atoms with Gasteiger partial charge in [0.25, 0.3) is 12.9 Å². The molecule has 0 spiro atoms. The average molecular weight is 404 g/mol. The molecule has 1 rings (SSSR count). The number of aliphatic hydroxyl groups excluding tert-OH is 1. The van der Waals surface area contributed by atoms with Crippen LogP contribution in [0.2, 0.25) is 0 Å². The standard InChI is InChI=1S/C17H33N3O2.2CH2O2/c1-14(6-5-8-17(3,4)22)7-9-20(10-11-21)13-16-12-18-15(2)19-16;2*2-1-3/h12,14,21-22H,5-11,13H2,1-4H3,(H,18,19);2*1H,(H,2,3). The highest BCUT2D eigenvalue weighted by atomic mass is 16.3. The molecule has 28 heavy (non-hydrogen) atoms. The Morgan fingerprint density at radius 2 is 1.79 bits per heavy atom. The van der Waals surface area contributed by atoms with Crippen LogP contribution in [0.25, 0.3) is 0 Å². The fraction of sp³-hybridized carbons (Fsp3) is 0.737. The Morgan fingerprint density at radius 3 is 2.21 bits per heavy atom. The van der Waals surface area contributed by atoms with Crippen LogP contribution < -0.4 is 0 Å². The Kier molecular flexibility index (Phi) is 17.3. The maximum Gasteiger partial charge on any atom is 0.290 e. The third-order valence-corrected chi connectivity index (χ3v) is 3.99. The number of aromatic nitrogens is 2. The summed E-state index contributed by atoms with van der Waals surface area (Å²) in [6.45, 7) is 10.1. The fourth-order valence-corrected chi connectivity index (χ4v) is 2.63. The van der Waals surface area contributed by atoms with Gasteiger partial charge in [0.1, 0.15) is 5.82 Å². The normalized spacial score (nSPS) is 11.7. The molecule has 5 N–H and O–H groups in total. The second-order valence-corrected chi connectivity index (χ2v) is 7.30. The van der Waals surface area contributed by atoms with E-state index in [4.69, 9.17) is 19.8 Å². The fourth-order valence-electron chi connectivity index (χ4n) is 2.63. The SMILES string of the molecule is Cc1ncc(CN(CCO)CCC(C)CCCC(C)(C)O)[nH]1.O=CO.O=CO. The van der Waals surface area contributed by atoms with Gasteiger partial charge in [-0.1, -0.05) is 19.8 Å². The van der Waals surface area contributed by atoms with E-state index >= 15 is 0 Å². The van der Waals surface area contributed by atoms with E-state index in [0.717, 1.165) is 50.3 Å². The Hall–Kier alpha value is -1.97. The summed E-state index contributed by atoms with van der Waals surface area (Å²) < 4.78 is 0. The van der Waals surface area contributed by atoms with Crippen molar-refractivity contribution in [1.82, 2.24) is 14.9 Å². The summed E-state index contributed by atoms with van der Waals surface area (Å²) in [5.74, 6) is 1.56. The van der Waals surface area contributed by atoms with Gasteiger partial charge in [0.2, 0.25) is 0 Å². The van der Waals surface area contributed by atoms with E-state index in [-0.39, 0.29) is 19.6 Å². The summed E-state index contributed by atoms with van der Waals surface area (Å²) in [7, 11) is 0. The highest BCUT2D eigenvalue weighted by molar-refractivity contribution is 5.33. The predicted octanol–water partition coefficient (Wildman–Crippen LogP) is 1.88. The Labute approximate surface area is 167 Å². The third-order valence-electron chi connectivity index (χ3n) is 3.99. The third kappa shape index (κ3) is 18.8. The molecule has 1 aromatic rings. The summed E-state index contributed by atoms with van der Waals surface area (Å²) in [6.07, 6.45) is 6.03. The second-order valence-electron chi connectivity index (χ2n) is 7.30. The number of H-pyrrole nitrogens is 1. The van der Waals surface area contributed by atoms with Crippen LogP contribution in [0.5, 0.6) is 0 Å². The molecular weight excluding hydrogens is 366 g/mol. The lowest BCUT2D eigenvalue weighted by Crippen LogP contribution is -2.28. The molecule has 1 unspecified atom stereocenters. The van der Waals surface area contributed by atoms with Gasteiger partial charge in [0, 0.05) is 25.0 Å². The van der Waals surface area contributed by atoms with Crippen LogP contribution in [0.1, 0.15) is 58.0 Å². The zero-order valence-electron chi connectivity index (χ0n) is 17.5. The van der Waals surface area contributed by atoms with E-state index in [1.165, 1.54) is 0 Å². The van der Waals surface area contributed by atoms with Crippen LogP contribution in [0.3, 0.4) is 0 Å². The smallest absolute Gasteiger partial charge is 0.290 e. The van der Waals surface area contributed by atoms with E-state index in [2.05, 4.69) is 21.8 Å². The molecule has 0 radical (unpaired) electrons. The van der Waals surface area contributed by atoms with Gasteiger partial charge >= 0.3 is 0 Å². The van der Waals surface area contributed by atoms with Crippen LogP contribution >= 0.6 is 0 Å². The minimum absolute atomic E-state index is 0.181. The van der Waals surface area contributed by atoms with Crippen LogP contribution in [0.4, 0.5) is 0 Å². The van der Waals surface area contributed by atoms with Crippen LogP contribution in [-0.2, 0) is 16.1 Å². The van der Waals surface area contributed by atoms with Gasteiger partial charge in [-0.05, 0) is 46.1 Å². The molecular formula is C19H37N3O6. The molecule has 1 aromatic heterocycles. The van der Waals surface area contributed by atoms with Crippen molar-refractivity contribution in [1.29, 1.82) is 0 Å². The highest BCUT2D eigenvalue weighted by Crippen LogP contribution is 2.18. The number of imidazole rings is 1. The van der Waals surface area contributed by atoms with E-state index < -0.39 is 5.60 Å². The van der Waals surface area contributed by atoms with E-state index in [9.17, 15) is 10.2 Å². The molecule has 9 nitrogen and oxygen atoms in total. The molecule has 0 aliphatic rings. The predicted molar refractivity (Wildman–Crippen MR) is 107 cm³/mol. The van der Waals surface area contributed by atoms with Gasteiger partial charge in [-0.3, -0.25) is 14.5 Å². The lowest BCUT2D eigenvalue weighted by Gasteiger charge is -2.23. The minimum Gasteiger partial charge on any atom is -0.483 e. The first-order valence-electron chi connectivity index (χ1n) is 9.35. The Morgan fingerprint density at radius 1 is 1.21 bits per heavy atom.